The maximum absolute atomic E-state index is 11.8. The van der Waals surface area contributed by atoms with Crippen LogP contribution in [-0.2, 0) is 9.53 Å². The third-order valence-corrected chi connectivity index (χ3v) is 4.66. The van der Waals surface area contributed by atoms with Gasteiger partial charge < -0.3 is 15.0 Å². The minimum atomic E-state index is -0.208. The molecule has 1 aliphatic carbocycles. The van der Waals surface area contributed by atoms with Gasteiger partial charge in [-0.15, -0.1) is 0 Å². The average molecular weight is 254 g/mol. The maximum Gasteiger partial charge on any atom is 0.313 e. The largest absolute Gasteiger partial charge is 0.469 e. The van der Waals surface area contributed by atoms with Crippen molar-refractivity contribution in [2.24, 2.45) is 11.3 Å². The Hall–Kier alpha value is -0.610. The van der Waals surface area contributed by atoms with Crippen molar-refractivity contribution in [1.82, 2.24) is 10.2 Å². The van der Waals surface area contributed by atoms with E-state index >= 15 is 0 Å². The molecule has 0 spiro atoms. The molecule has 0 bridgehead atoms. The fourth-order valence-corrected chi connectivity index (χ4v) is 3.05. The van der Waals surface area contributed by atoms with Gasteiger partial charge in [0.2, 0.25) is 0 Å². The number of nitrogens with one attached hydrogen (secondary N) is 1. The fourth-order valence-electron chi connectivity index (χ4n) is 3.05. The van der Waals surface area contributed by atoms with E-state index in [1.54, 1.807) is 0 Å². The van der Waals surface area contributed by atoms with E-state index < -0.39 is 0 Å². The Balaban J connectivity index is 1.69. The molecule has 1 heterocycles. The van der Waals surface area contributed by atoms with Crippen LogP contribution in [-0.4, -0.2) is 51.2 Å². The zero-order chi connectivity index (χ0) is 13.0. The molecular weight excluding hydrogens is 228 g/mol. The Bertz CT molecular complexity index is 282. The minimum Gasteiger partial charge on any atom is -0.469 e. The van der Waals surface area contributed by atoms with Crippen molar-refractivity contribution in [2.75, 3.05) is 40.3 Å². The smallest absolute Gasteiger partial charge is 0.313 e. The first-order valence-electron chi connectivity index (χ1n) is 7.14. The van der Waals surface area contributed by atoms with Gasteiger partial charge >= 0.3 is 5.97 Å². The lowest BCUT2D eigenvalue weighted by Gasteiger charge is -2.39. The molecule has 2 fully saturated rings. The zero-order valence-electron chi connectivity index (χ0n) is 11.7. The zero-order valence-corrected chi connectivity index (χ0v) is 11.7. The Morgan fingerprint density at radius 1 is 1.39 bits per heavy atom. The second-order valence-electron chi connectivity index (χ2n) is 6.00. The van der Waals surface area contributed by atoms with Gasteiger partial charge in [-0.25, -0.2) is 0 Å². The summed E-state index contributed by atoms with van der Waals surface area (Å²) in [5, 5.41) is 3.51. The summed E-state index contributed by atoms with van der Waals surface area (Å²) < 4.78 is 4.93. The van der Waals surface area contributed by atoms with E-state index in [2.05, 4.69) is 17.3 Å². The molecule has 1 N–H and O–H groups in total. The molecule has 0 unspecified atom stereocenters. The maximum atomic E-state index is 11.8. The van der Waals surface area contributed by atoms with Crippen LogP contribution < -0.4 is 5.32 Å². The summed E-state index contributed by atoms with van der Waals surface area (Å²) >= 11 is 0. The van der Waals surface area contributed by atoms with Crippen LogP contribution in [0.15, 0.2) is 0 Å². The van der Waals surface area contributed by atoms with Crippen molar-refractivity contribution in [3.63, 3.8) is 0 Å². The number of piperidine rings is 1. The molecule has 104 valence electrons. The molecule has 2 aliphatic rings. The summed E-state index contributed by atoms with van der Waals surface area (Å²) in [7, 11) is 3.68. The monoisotopic (exact) mass is 254 g/mol. The summed E-state index contributed by atoms with van der Waals surface area (Å²) in [4.78, 5) is 14.2. The number of carbonyl (C=O) groups is 1. The SMILES string of the molecule is COC(=O)C1(CNCC2CCN(C)CC2)CCC1. The van der Waals surface area contributed by atoms with Crippen LogP contribution in [0.2, 0.25) is 0 Å². The molecule has 2 rings (SSSR count). The highest BCUT2D eigenvalue weighted by Crippen LogP contribution is 2.41. The van der Waals surface area contributed by atoms with Gasteiger partial charge in [0.05, 0.1) is 12.5 Å². The second kappa shape index (κ2) is 6.02. The van der Waals surface area contributed by atoms with Gasteiger partial charge in [0.15, 0.2) is 0 Å². The molecule has 0 amide bonds. The van der Waals surface area contributed by atoms with Crippen molar-refractivity contribution in [1.29, 1.82) is 0 Å². The molecule has 1 aliphatic heterocycles. The number of methoxy groups -OCH3 is 1. The van der Waals surface area contributed by atoms with Crippen LogP contribution >= 0.6 is 0 Å². The van der Waals surface area contributed by atoms with E-state index in [1.807, 2.05) is 0 Å². The van der Waals surface area contributed by atoms with Gasteiger partial charge in [-0.3, -0.25) is 4.79 Å². The van der Waals surface area contributed by atoms with E-state index in [0.717, 1.165) is 38.3 Å². The molecular formula is C14H26N2O2. The number of ether oxygens (including phenoxy) is 1. The van der Waals surface area contributed by atoms with Crippen LogP contribution in [0.3, 0.4) is 0 Å². The molecule has 4 nitrogen and oxygen atoms in total. The summed E-state index contributed by atoms with van der Waals surface area (Å²) in [5.74, 6) is 0.751. The Morgan fingerprint density at radius 3 is 2.56 bits per heavy atom. The predicted molar refractivity (Wildman–Crippen MR) is 71.4 cm³/mol. The lowest BCUT2D eigenvalue weighted by molar-refractivity contribution is -0.158. The van der Waals surface area contributed by atoms with Crippen LogP contribution in [0.4, 0.5) is 0 Å². The van der Waals surface area contributed by atoms with E-state index in [9.17, 15) is 4.79 Å². The van der Waals surface area contributed by atoms with Crippen LogP contribution in [0, 0.1) is 11.3 Å². The number of nitrogens with zero attached hydrogens (tertiary/aromatic N) is 1. The Labute approximate surface area is 110 Å². The van der Waals surface area contributed by atoms with Crippen molar-refractivity contribution >= 4 is 5.97 Å². The summed E-state index contributed by atoms with van der Waals surface area (Å²) in [5.41, 5.74) is -0.208. The highest BCUT2D eigenvalue weighted by atomic mass is 16.5. The quantitative estimate of drug-likeness (QED) is 0.750. The van der Waals surface area contributed by atoms with E-state index in [4.69, 9.17) is 4.74 Å². The normalized spacial score (nSPS) is 24.6. The van der Waals surface area contributed by atoms with Crippen molar-refractivity contribution in [3.8, 4) is 0 Å². The average Bonchev–Trinajstić information content (AvgIpc) is 2.34. The molecule has 0 aromatic rings. The third-order valence-electron chi connectivity index (χ3n) is 4.66. The number of hydrogen-bond acceptors (Lipinski definition) is 4. The Morgan fingerprint density at radius 2 is 2.06 bits per heavy atom. The first-order chi connectivity index (χ1) is 8.66. The molecule has 18 heavy (non-hydrogen) atoms. The van der Waals surface area contributed by atoms with Gasteiger partial charge in [0.1, 0.15) is 0 Å². The first kappa shape index (κ1) is 13.8. The third kappa shape index (κ3) is 3.04. The fraction of sp³-hybridized carbons (Fsp3) is 0.929. The molecule has 0 atom stereocenters. The van der Waals surface area contributed by atoms with Gasteiger partial charge in [0.25, 0.3) is 0 Å². The van der Waals surface area contributed by atoms with E-state index in [-0.39, 0.29) is 11.4 Å². The topological polar surface area (TPSA) is 41.6 Å². The summed E-state index contributed by atoms with van der Waals surface area (Å²) in [6.07, 6.45) is 5.68. The Kier molecular flexibility index (Phi) is 4.62. The molecule has 0 aromatic heterocycles. The van der Waals surface area contributed by atoms with Crippen LogP contribution in [0.25, 0.3) is 0 Å². The van der Waals surface area contributed by atoms with Crippen LogP contribution in [0.5, 0.6) is 0 Å². The molecule has 1 saturated carbocycles. The van der Waals surface area contributed by atoms with Crippen molar-refractivity contribution in [3.05, 3.63) is 0 Å². The summed E-state index contributed by atoms with van der Waals surface area (Å²) in [6.45, 7) is 4.25. The standard InChI is InChI=1S/C14H26N2O2/c1-16-8-4-12(5-9-16)10-15-11-14(6-3-7-14)13(17)18-2/h12,15H,3-11H2,1-2H3. The minimum absolute atomic E-state index is 0.0235. The number of likely N-dealkylation sites (tertiary alicyclic amines) is 1. The number of rotatable bonds is 5. The second-order valence-corrected chi connectivity index (χ2v) is 6.00. The lowest BCUT2D eigenvalue weighted by Crippen LogP contribution is -2.48. The summed E-state index contributed by atoms with van der Waals surface area (Å²) in [6, 6.07) is 0. The van der Waals surface area contributed by atoms with Crippen LogP contribution in [0.1, 0.15) is 32.1 Å². The molecule has 0 aromatic carbocycles. The highest BCUT2D eigenvalue weighted by Gasteiger charge is 2.44. The number of esters is 1. The van der Waals surface area contributed by atoms with E-state index in [0.29, 0.717) is 0 Å². The molecule has 0 radical (unpaired) electrons. The first-order valence-corrected chi connectivity index (χ1v) is 7.14. The van der Waals surface area contributed by atoms with Gasteiger partial charge in [-0.05, 0) is 58.3 Å². The number of carbonyl (C=O) groups excluding carboxylic acids is 1. The van der Waals surface area contributed by atoms with Crippen molar-refractivity contribution < 1.29 is 9.53 Å². The van der Waals surface area contributed by atoms with Gasteiger partial charge in [0, 0.05) is 6.54 Å². The van der Waals surface area contributed by atoms with Gasteiger partial charge in [-0.1, -0.05) is 6.42 Å². The van der Waals surface area contributed by atoms with E-state index in [1.165, 1.54) is 33.0 Å². The highest BCUT2D eigenvalue weighted by molar-refractivity contribution is 5.78. The molecule has 4 heteroatoms. The lowest BCUT2D eigenvalue weighted by atomic mass is 9.68. The van der Waals surface area contributed by atoms with Gasteiger partial charge in [-0.2, -0.15) is 0 Å². The van der Waals surface area contributed by atoms with Crippen molar-refractivity contribution in [2.45, 2.75) is 32.1 Å². The number of hydrogen-bond donors (Lipinski definition) is 1. The predicted octanol–water partition coefficient (Wildman–Crippen LogP) is 1.26. The molecule has 1 saturated heterocycles.